The molecule has 0 bridgehead atoms. The molecule has 1 aliphatic rings. The molecule has 2 aromatic carbocycles. The van der Waals surface area contributed by atoms with Crippen LogP contribution in [-0.4, -0.2) is 25.6 Å². The smallest absolute Gasteiger partial charge is 0.255 e. The van der Waals surface area contributed by atoms with Crippen molar-refractivity contribution in [2.45, 2.75) is 6.10 Å². The van der Waals surface area contributed by atoms with Gasteiger partial charge in [-0.05, 0) is 35.9 Å². The normalized spacial score (nSPS) is 18.0. The summed E-state index contributed by atoms with van der Waals surface area (Å²) in [6, 6.07) is 13.3. The summed E-state index contributed by atoms with van der Waals surface area (Å²) >= 11 is 0. The maximum absolute atomic E-state index is 13.8. The summed E-state index contributed by atoms with van der Waals surface area (Å²) in [4.78, 5) is 12.1. The number of hydrogen-bond donors (Lipinski definition) is 2. The Balaban J connectivity index is 1.79. The number of morpholine rings is 1. The first-order chi connectivity index (χ1) is 10.7. The average Bonchev–Trinajstić information content (AvgIpc) is 2.56. The Morgan fingerprint density at radius 2 is 2.05 bits per heavy atom. The maximum Gasteiger partial charge on any atom is 0.255 e. The Morgan fingerprint density at radius 1 is 1.23 bits per heavy atom. The van der Waals surface area contributed by atoms with Crippen molar-refractivity contribution in [3.05, 3.63) is 65.5 Å². The molecule has 22 heavy (non-hydrogen) atoms. The van der Waals surface area contributed by atoms with Gasteiger partial charge >= 0.3 is 0 Å². The van der Waals surface area contributed by atoms with Gasteiger partial charge in [0.25, 0.3) is 5.91 Å². The van der Waals surface area contributed by atoms with Gasteiger partial charge in [-0.15, -0.1) is 0 Å². The van der Waals surface area contributed by atoms with E-state index in [0.717, 1.165) is 12.1 Å². The van der Waals surface area contributed by atoms with E-state index in [1.807, 2.05) is 6.07 Å². The SMILES string of the molecule is O=C(Nc1cc(F)cc(C2CNCCO2)c1)c1ccccc1. The Kier molecular flexibility index (Phi) is 4.46. The van der Waals surface area contributed by atoms with Gasteiger partial charge in [0.05, 0.1) is 12.7 Å². The molecule has 1 unspecified atom stereocenters. The highest BCUT2D eigenvalue weighted by molar-refractivity contribution is 6.04. The third kappa shape index (κ3) is 3.50. The zero-order valence-corrected chi connectivity index (χ0v) is 12.0. The Labute approximate surface area is 128 Å². The summed E-state index contributed by atoms with van der Waals surface area (Å²) in [7, 11) is 0. The molecule has 3 rings (SSSR count). The lowest BCUT2D eigenvalue weighted by Gasteiger charge is -2.24. The van der Waals surface area contributed by atoms with Gasteiger partial charge in [0.2, 0.25) is 0 Å². The van der Waals surface area contributed by atoms with Crippen molar-refractivity contribution in [3.63, 3.8) is 0 Å². The van der Waals surface area contributed by atoms with E-state index in [2.05, 4.69) is 10.6 Å². The van der Waals surface area contributed by atoms with Crippen LogP contribution >= 0.6 is 0 Å². The van der Waals surface area contributed by atoms with Crippen LogP contribution in [0.25, 0.3) is 0 Å². The summed E-state index contributed by atoms with van der Waals surface area (Å²) in [5.74, 6) is -0.658. The molecule has 1 aliphatic heterocycles. The molecule has 0 aliphatic carbocycles. The zero-order valence-electron chi connectivity index (χ0n) is 12.0. The molecule has 114 valence electrons. The minimum Gasteiger partial charge on any atom is -0.371 e. The third-order valence-corrected chi connectivity index (χ3v) is 3.51. The van der Waals surface area contributed by atoms with Crippen LogP contribution < -0.4 is 10.6 Å². The number of anilines is 1. The Hall–Kier alpha value is -2.24. The molecular formula is C17H17FN2O2. The van der Waals surface area contributed by atoms with E-state index in [1.165, 1.54) is 12.1 Å². The van der Waals surface area contributed by atoms with Crippen molar-refractivity contribution in [1.82, 2.24) is 5.32 Å². The van der Waals surface area contributed by atoms with Crippen LogP contribution in [0.5, 0.6) is 0 Å². The summed E-state index contributed by atoms with van der Waals surface area (Å²) < 4.78 is 19.4. The van der Waals surface area contributed by atoms with Crippen molar-refractivity contribution in [2.24, 2.45) is 0 Å². The fourth-order valence-corrected chi connectivity index (χ4v) is 2.44. The summed E-state index contributed by atoms with van der Waals surface area (Å²) in [6.07, 6.45) is -0.197. The summed E-state index contributed by atoms with van der Waals surface area (Å²) in [5.41, 5.74) is 1.68. The third-order valence-electron chi connectivity index (χ3n) is 3.51. The maximum atomic E-state index is 13.8. The number of ether oxygens (including phenoxy) is 1. The molecule has 4 nitrogen and oxygen atoms in total. The van der Waals surface area contributed by atoms with Crippen molar-refractivity contribution in [1.29, 1.82) is 0 Å². The van der Waals surface area contributed by atoms with Crippen LogP contribution in [0.2, 0.25) is 0 Å². The van der Waals surface area contributed by atoms with Crippen molar-refractivity contribution >= 4 is 11.6 Å². The number of nitrogens with one attached hydrogen (secondary N) is 2. The molecule has 0 spiro atoms. The fourth-order valence-electron chi connectivity index (χ4n) is 2.44. The van der Waals surface area contributed by atoms with Gasteiger partial charge in [0.1, 0.15) is 5.82 Å². The fraction of sp³-hybridized carbons (Fsp3) is 0.235. The average molecular weight is 300 g/mol. The minimum atomic E-state index is -0.393. The largest absolute Gasteiger partial charge is 0.371 e. The number of halogens is 1. The van der Waals surface area contributed by atoms with Crippen LogP contribution in [0.4, 0.5) is 10.1 Å². The number of carbonyl (C=O) groups excluding carboxylic acids is 1. The van der Waals surface area contributed by atoms with E-state index in [-0.39, 0.29) is 12.0 Å². The van der Waals surface area contributed by atoms with Gasteiger partial charge in [0.15, 0.2) is 0 Å². The highest BCUT2D eigenvalue weighted by Crippen LogP contribution is 2.24. The van der Waals surface area contributed by atoms with E-state index >= 15 is 0 Å². The van der Waals surface area contributed by atoms with Crippen molar-refractivity contribution < 1.29 is 13.9 Å². The van der Waals surface area contributed by atoms with Gasteiger partial charge in [-0.25, -0.2) is 4.39 Å². The van der Waals surface area contributed by atoms with Gasteiger partial charge in [-0.3, -0.25) is 4.79 Å². The van der Waals surface area contributed by atoms with E-state index in [4.69, 9.17) is 4.74 Å². The second kappa shape index (κ2) is 6.68. The molecule has 1 saturated heterocycles. The topological polar surface area (TPSA) is 50.4 Å². The highest BCUT2D eigenvalue weighted by atomic mass is 19.1. The van der Waals surface area contributed by atoms with Gasteiger partial charge < -0.3 is 15.4 Å². The molecule has 0 radical (unpaired) electrons. The zero-order chi connectivity index (χ0) is 15.4. The number of benzene rings is 2. The molecule has 2 N–H and O–H groups in total. The molecule has 1 amide bonds. The van der Waals surface area contributed by atoms with Crippen LogP contribution in [0, 0.1) is 5.82 Å². The highest BCUT2D eigenvalue weighted by Gasteiger charge is 2.17. The van der Waals surface area contributed by atoms with E-state index in [1.54, 1.807) is 30.3 Å². The van der Waals surface area contributed by atoms with Crippen LogP contribution in [0.3, 0.4) is 0 Å². The monoisotopic (exact) mass is 300 g/mol. The van der Waals surface area contributed by atoms with E-state index in [9.17, 15) is 9.18 Å². The van der Waals surface area contributed by atoms with Gasteiger partial charge in [0, 0.05) is 24.3 Å². The first-order valence-electron chi connectivity index (χ1n) is 7.21. The number of rotatable bonds is 3. The number of hydrogen-bond acceptors (Lipinski definition) is 3. The lowest BCUT2D eigenvalue weighted by molar-refractivity contribution is 0.0275. The lowest BCUT2D eigenvalue weighted by Crippen LogP contribution is -2.33. The molecule has 5 heteroatoms. The Bertz CT molecular complexity index is 655. The number of carbonyl (C=O) groups is 1. The quantitative estimate of drug-likeness (QED) is 0.916. The van der Waals surface area contributed by atoms with Crippen LogP contribution in [0.1, 0.15) is 22.0 Å². The second-order valence-corrected chi connectivity index (χ2v) is 5.16. The Morgan fingerprint density at radius 3 is 2.77 bits per heavy atom. The van der Waals surface area contributed by atoms with E-state index in [0.29, 0.717) is 24.4 Å². The number of amides is 1. The lowest BCUT2D eigenvalue weighted by atomic mass is 10.1. The second-order valence-electron chi connectivity index (χ2n) is 5.16. The minimum absolute atomic E-state index is 0.197. The van der Waals surface area contributed by atoms with Gasteiger partial charge in [-0.2, -0.15) is 0 Å². The van der Waals surface area contributed by atoms with Crippen molar-refractivity contribution in [3.8, 4) is 0 Å². The summed E-state index contributed by atoms with van der Waals surface area (Å²) in [6.45, 7) is 2.02. The molecule has 1 fully saturated rings. The molecule has 2 aromatic rings. The molecule has 1 atom stereocenters. The molecule has 1 heterocycles. The molecule has 0 aromatic heterocycles. The van der Waals surface area contributed by atoms with Gasteiger partial charge in [-0.1, -0.05) is 18.2 Å². The first-order valence-corrected chi connectivity index (χ1v) is 7.21. The standard InChI is InChI=1S/C17H17FN2O2/c18-14-8-13(16-11-19-6-7-22-16)9-15(10-14)20-17(21)12-4-2-1-3-5-12/h1-5,8-10,16,19H,6-7,11H2,(H,20,21). The van der Waals surface area contributed by atoms with Crippen LogP contribution in [0.15, 0.2) is 48.5 Å². The predicted octanol–water partition coefficient (Wildman–Crippen LogP) is 2.74. The molecule has 0 saturated carbocycles. The van der Waals surface area contributed by atoms with E-state index < -0.39 is 5.82 Å². The molecular weight excluding hydrogens is 283 g/mol. The van der Waals surface area contributed by atoms with Crippen molar-refractivity contribution in [2.75, 3.05) is 25.0 Å². The first kappa shape index (κ1) is 14.7. The summed E-state index contributed by atoms with van der Waals surface area (Å²) in [5, 5.41) is 5.93. The predicted molar refractivity (Wildman–Crippen MR) is 82.4 cm³/mol. The van der Waals surface area contributed by atoms with Crippen LogP contribution in [-0.2, 0) is 4.74 Å².